The lowest BCUT2D eigenvalue weighted by molar-refractivity contribution is -0.117. The van der Waals surface area contributed by atoms with Gasteiger partial charge in [0.1, 0.15) is 6.54 Å². The number of unbranched alkanes of at least 4 members (excludes halogenated alkanes) is 1. The molecule has 9 heteroatoms. The van der Waals surface area contributed by atoms with Gasteiger partial charge in [-0.25, -0.2) is 4.79 Å². The van der Waals surface area contributed by atoms with Gasteiger partial charge in [0.05, 0.1) is 10.9 Å². The fourth-order valence-corrected chi connectivity index (χ4v) is 4.27. The van der Waals surface area contributed by atoms with E-state index >= 15 is 0 Å². The quantitative estimate of drug-likeness (QED) is 0.317. The summed E-state index contributed by atoms with van der Waals surface area (Å²) in [6.07, 6.45) is 1.20. The minimum atomic E-state index is -0.574. The average Bonchev–Trinajstić information content (AvgIpc) is 2.89. The fraction of sp³-hybridized carbons (Fsp3) is 0.214. The molecule has 0 saturated carbocycles. The number of carbonyl (C=O) groups is 2. The third-order valence-electron chi connectivity index (χ3n) is 6.07. The van der Waals surface area contributed by atoms with E-state index in [1.54, 1.807) is 61.5 Å². The van der Waals surface area contributed by atoms with E-state index < -0.39 is 17.2 Å². The molecule has 0 bridgehead atoms. The SMILES string of the molecule is Cc1c(Cl)cccc1NC(=O)Cn1c(=O)n(CCCCC(=O)Nc2ccccc2)c(=O)c2ccccc21. The number of nitrogens with one attached hydrogen (secondary N) is 2. The molecule has 37 heavy (non-hydrogen) atoms. The Morgan fingerprint density at radius 3 is 2.32 bits per heavy atom. The number of nitrogens with zero attached hydrogens (tertiary/aromatic N) is 2. The van der Waals surface area contributed by atoms with Gasteiger partial charge >= 0.3 is 5.69 Å². The van der Waals surface area contributed by atoms with Gasteiger partial charge in [0.15, 0.2) is 0 Å². The zero-order valence-electron chi connectivity index (χ0n) is 20.4. The topological polar surface area (TPSA) is 102 Å². The summed E-state index contributed by atoms with van der Waals surface area (Å²) in [6, 6.07) is 21.0. The molecule has 1 heterocycles. The number of anilines is 2. The fourth-order valence-electron chi connectivity index (χ4n) is 4.10. The van der Waals surface area contributed by atoms with Gasteiger partial charge < -0.3 is 10.6 Å². The third kappa shape index (κ3) is 6.16. The van der Waals surface area contributed by atoms with Crippen LogP contribution in [0, 0.1) is 6.92 Å². The van der Waals surface area contributed by atoms with Crippen molar-refractivity contribution < 1.29 is 9.59 Å². The van der Waals surface area contributed by atoms with Crippen molar-refractivity contribution >= 4 is 45.7 Å². The van der Waals surface area contributed by atoms with Crippen LogP contribution in [0.5, 0.6) is 0 Å². The Hall–Kier alpha value is -4.17. The highest BCUT2D eigenvalue weighted by Crippen LogP contribution is 2.23. The molecule has 4 rings (SSSR count). The first-order valence-electron chi connectivity index (χ1n) is 12.0. The van der Waals surface area contributed by atoms with Gasteiger partial charge in [-0.2, -0.15) is 0 Å². The number of aromatic nitrogens is 2. The normalized spacial score (nSPS) is 10.9. The zero-order valence-corrected chi connectivity index (χ0v) is 21.1. The van der Waals surface area contributed by atoms with Gasteiger partial charge in [-0.3, -0.25) is 23.5 Å². The molecular weight excluding hydrogens is 492 g/mol. The van der Waals surface area contributed by atoms with E-state index in [4.69, 9.17) is 11.6 Å². The molecule has 4 aromatic rings. The zero-order chi connectivity index (χ0) is 26.4. The lowest BCUT2D eigenvalue weighted by atomic mass is 10.2. The smallest absolute Gasteiger partial charge is 0.326 e. The van der Waals surface area contributed by atoms with Crippen LogP contribution in [0.4, 0.5) is 11.4 Å². The van der Waals surface area contributed by atoms with Gasteiger partial charge in [0, 0.05) is 29.4 Å². The number of fused-ring (bicyclic) bond motifs is 1. The lowest BCUT2D eigenvalue weighted by Gasteiger charge is -2.15. The molecule has 0 aliphatic carbocycles. The minimum absolute atomic E-state index is 0.135. The van der Waals surface area contributed by atoms with Crippen molar-refractivity contribution in [2.24, 2.45) is 0 Å². The van der Waals surface area contributed by atoms with Crippen LogP contribution in [0.15, 0.2) is 82.4 Å². The van der Waals surface area contributed by atoms with E-state index in [1.807, 2.05) is 18.2 Å². The lowest BCUT2D eigenvalue weighted by Crippen LogP contribution is -2.41. The highest BCUT2D eigenvalue weighted by Gasteiger charge is 2.16. The van der Waals surface area contributed by atoms with Crippen LogP contribution >= 0.6 is 11.6 Å². The maximum Gasteiger partial charge on any atom is 0.331 e. The predicted molar refractivity (Wildman–Crippen MR) is 146 cm³/mol. The van der Waals surface area contributed by atoms with Crippen LogP contribution in [0.3, 0.4) is 0 Å². The van der Waals surface area contributed by atoms with E-state index in [2.05, 4.69) is 10.6 Å². The largest absolute Gasteiger partial charge is 0.331 e. The Morgan fingerprint density at radius 2 is 1.54 bits per heavy atom. The number of halogens is 1. The van der Waals surface area contributed by atoms with Gasteiger partial charge in [-0.05, 0) is 61.7 Å². The first-order valence-corrected chi connectivity index (χ1v) is 12.3. The maximum atomic E-state index is 13.3. The predicted octanol–water partition coefficient (Wildman–Crippen LogP) is 4.57. The highest BCUT2D eigenvalue weighted by molar-refractivity contribution is 6.31. The summed E-state index contributed by atoms with van der Waals surface area (Å²) in [5.41, 5.74) is 1.38. The van der Waals surface area contributed by atoms with E-state index in [9.17, 15) is 19.2 Å². The van der Waals surface area contributed by atoms with Crippen molar-refractivity contribution in [2.75, 3.05) is 10.6 Å². The van der Waals surface area contributed by atoms with Crippen LogP contribution < -0.4 is 21.9 Å². The van der Waals surface area contributed by atoms with Crippen molar-refractivity contribution in [2.45, 2.75) is 39.3 Å². The summed E-state index contributed by atoms with van der Waals surface area (Å²) in [4.78, 5) is 51.5. The van der Waals surface area contributed by atoms with Crippen LogP contribution in [0.1, 0.15) is 24.8 Å². The molecule has 2 amide bonds. The molecule has 0 radical (unpaired) electrons. The molecule has 0 aliphatic rings. The molecule has 0 aliphatic heterocycles. The summed E-state index contributed by atoms with van der Waals surface area (Å²) in [6.45, 7) is 1.65. The monoisotopic (exact) mass is 518 g/mol. The van der Waals surface area contributed by atoms with Gasteiger partial charge in [-0.15, -0.1) is 0 Å². The number of para-hydroxylation sites is 2. The second-order valence-corrected chi connectivity index (χ2v) is 9.08. The molecule has 8 nitrogen and oxygen atoms in total. The van der Waals surface area contributed by atoms with Gasteiger partial charge in [0.2, 0.25) is 11.8 Å². The minimum Gasteiger partial charge on any atom is -0.326 e. The van der Waals surface area contributed by atoms with Crippen molar-refractivity contribution in [1.29, 1.82) is 0 Å². The van der Waals surface area contributed by atoms with Crippen molar-refractivity contribution in [3.05, 3.63) is 104 Å². The summed E-state index contributed by atoms with van der Waals surface area (Å²) >= 11 is 6.15. The van der Waals surface area contributed by atoms with Crippen LogP contribution in [0.25, 0.3) is 10.9 Å². The molecule has 1 aromatic heterocycles. The molecule has 0 saturated heterocycles. The molecule has 190 valence electrons. The number of amides is 2. The first kappa shape index (κ1) is 25.9. The van der Waals surface area contributed by atoms with E-state index in [-0.39, 0.29) is 25.4 Å². The third-order valence-corrected chi connectivity index (χ3v) is 6.48. The number of benzene rings is 3. The molecule has 0 spiro atoms. The van der Waals surface area contributed by atoms with Crippen LogP contribution in [-0.2, 0) is 22.7 Å². The molecule has 3 aromatic carbocycles. The van der Waals surface area contributed by atoms with Crippen molar-refractivity contribution in [3.8, 4) is 0 Å². The summed E-state index contributed by atoms with van der Waals surface area (Å²) < 4.78 is 2.43. The van der Waals surface area contributed by atoms with Crippen LogP contribution in [0.2, 0.25) is 5.02 Å². The van der Waals surface area contributed by atoms with Gasteiger partial charge in [0.25, 0.3) is 5.56 Å². The Balaban J connectivity index is 1.50. The van der Waals surface area contributed by atoms with E-state index in [0.717, 1.165) is 10.1 Å². The highest BCUT2D eigenvalue weighted by atomic mass is 35.5. The Labute approximate surface area is 218 Å². The Bertz CT molecular complexity index is 1560. The van der Waals surface area contributed by atoms with E-state index in [0.29, 0.717) is 40.1 Å². The molecule has 0 fully saturated rings. The Morgan fingerprint density at radius 1 is 0.811 bits per heavy atom. The second-order valence-electron chi connectivity index (χ2n) is 8.67. The van der Waals surface area contributed by atoms with E-state index in [1.165, 1.54) is 4.57 Å². The summed E-state index contributed by atoms with van der Waals surface area (Å²) in [7, 11) is 0. The van der Waals surface area contributed by atoms with Crippen molar-refractivity contribution in [1.82, 2.24) is 9.13 Å². The standard InChI is InChI=1S/C28H27ClN4O4/c1-19-22(29)13-9-14-23(19)31-26(35)18-33-24-15-6-5-12-21(24)27(36)32(28(33)37)17-8-7-16-25(34)30-20-10-3-2-4-11-20/h2-6,9-15H,7-8,16-18H2,1H3,(H,30,34)(H,31,35). The summed E-state index contributed by atoms with van der Waals surface area (Å²) in [5, 5.41) is 6.48. The number of hydrogen-bond donors (Lipinski definition) is 2. The van der Waals surface area contributed by atoms with Gasteiger partial charge in [-0.1, -0.05) is 48.0 Å². The molecule has 0 atom stereocenters. The van der Waals surface area contributed by atoms with Crippen molar-refractivity contribution in [3.63, 3.8) is 0 Å². The second kappa shape index (κ2) is 11.7. The molecule has 0 unspecified atom stereocenters. The maximum absolute atomic E-state index is 13.3. The number of carbonyl (C=O) groups excluding carboxylic acids is 2. The average molecular weight is 519 g/mol. The number of hydrogen-bond acceptors (Lipinski definition) is 4. The first-order chi connectivity index (χ1) is 17.8. The Kier molecular flexibility index (Phi) is 8.20. The van der Waals surface area contributed by atoms with Crippen LogP contribution in [-0.4, -0.2) is 20.9 Å². The molecular formula is C28H27ClN4O4. The molecule has 2 N–H and O–H groups in total. The number of rotatable bonds is 9. The summed E-state index contributed by atoms with van der Waals surface area (Å²) in [5.74, 6) is -0.553.